The minimum absolute atomic E-state index is 0.0657. The average molecular weight is 336 g/mol. The number of hydrogen-bond acceptors (Lipinski definition) is 5. The van der Waals surface area contributed by atoms with Crippen molar-refractivity contribution in [2.75, 3.05) is 13.2 Å². The quantitative estimate of drug-likeness (QED) is 0.864. The van der Waals surface area contributed by atoms with E-state index < -0.39 is 29.7 Å². The Morgan fingerprint density at radius 1 is 1.38 bits per heavy atom. The van der Waals surface area contributed by atoms with Crippen LogP contribution in [0.3, 0.4) is 0 Å². The van der Waals surface area contributed by atoms with Crippen LogP contribution in [-0.2, 0) is 20.8 Å². The second-order valence-electron chi connectivity index (χ2n) is 6.74. The molecule has 0 spiro atoms. The van der Waals surface area contributed by atoms with Crippen molar-refractivity contribution < 1.29 is 24.3 Å². The van der Waals surface area contributed by atoms with E-state index in [9.17, 15) is 14.7 Å². The lowest BCUT2D eigenvalue weighted by Gasteiger charge is -2.25. The fourth-order valence-electron chi connectivity index (χ4n) is 2.30. The van der Waals surface area contributed by atoms with Gasteiger partial charge in [-0.3, -0.25) is 9.63 Å². The Morgan fingerprint density at radius 3 is 2.58 bits per heavy atom. The summed E-state index contributed by atoms with van der Waals surface area (Å²) in [5, 5.41) is 13.2. The molecule has 0 bridgehead atoms. The van der Waals surface area contributed by atoms with Gasteiger partial charge < -0.3 is 15.2 Å². The van der Waals surface area contributed by atoms with Crippen molar-refractivity contribution in [3.63, 3.8) is 0 Å². The molecule has 2 rings (SSSR count). The fourth-order valence-corrected chi connectivity index (χ4v) is 2.30. The van der Waals surface area contributed by atoms with Gasteiger partial charge in [-0.2, -0.15) is 0 Å². The molecular formula is C17H24N2O5. The minimum Gasteiger partial charge on any atom is -0.444 e. The number of aliphatic hydroxyl groups is 1. The number of β-amino-alcohol motifs (C(OH)–C–C–N with tert-alkyl or cyclic N) is 1. The van der Waals surface area contributed by atoms with E-state index in [1.165, 1.54) is 0 Å². The predicted molar refractivity (Wildman–Crippen MR) is 87.0 cm³/mol. The van der Waals surface area contributed by atoms with Crippen molar-refractivity contribution in [1.82, 2.24) is 10.4 Å². The molecular weight excluding hydrogens is 312 g/mol. The molecule has 7 nitrogen and oxygen atoms in total. The first-order valence-corrected chi connectivity index (χ1v) is 7.90. The first-order chi connectivity index (χ1) is 11.2. The Hall–Kier alpha value is -2.12. The van der Waals surface area contributed by atoms with E-state index in [1.807, 2.05) is 30.3 Å². The molecule has 2 N–H and O–H groups in total. The minimum atomic E-state index is -0.840. The number of nitrogens with zero attached hydrogens (tertiary/aromatic N) is 1. The second kappa shape index (κ2) is 7.63. The van der Waals surface area contributed by atoms with Crippen molar-refractivity contribution >= 4 is 12.0 Å². The molecule has 24 heavy (non-hydrogen) atoms. The van der Waals surface area contributed by atoms with Crippen LogP contribution in [0.5, 0.6) is 0 Å². The lowest BCUT2D eigenvalue weighted by molar-refractivity contribution is -0.171. The Morgan fingerprint density at radius 2 is 2.04 bits per heavy atom. The normalized spacial score (nSPS) is 19.0. The van der Waals surface area contributed by atoms with Gasteiger partial charge >= 0.3 is 6.09 Å². The number of benzene rings is 1. The third-order valence-electron chi connectivity index (χ3n) is 3.32. The van der Waals surface area contributed by atoms with Gasteiger partial charge in [0, 0.05) is 6.42 Å². The van der Waals surface area contributed by atoms with Crippen LogP contribution in [0.1, 0.15) is 26.3 Å². The van der Waals surface area contributed by atoms with E-state index >= 15 is 0 Å². The first kappa shape index (κ1) is 18.2. The molecule has 0 aromatic heterocycles. The summed E-state index contributed by atoms with van der Waals surface area (Å²) >= 11 is 0. The summed E-state index contributed by atoms with van der Waals surface area (Å²) in [6, 6.07) is 8.50. The zero-order valence-corrected chi connectivity index (χ0v) is 14.2. The van der Waals surface area contributed by atoms with Crippen molar-refractivity contribution in [3.8, 4) is 0 Å². The molecule has 2 atom stereocenters. The molecule has 2 amide bonds. The number of hydroxylamine groups is 2. The Balaban J connectivity index is 2.08. The lowest BCUT2D eigenvalue weighted by Crippen LogP contribution is -2.50. The molecule has 1 fully saturated rings. The van der Waals surface area contributed by atoms with Crippen molar-refractivity contribution in [2.45, 2.75) is 44.9 Å². The fraction of sp³-hybridized carbons (Fsp3) is 0.529. The number of carbonyl (C=O) groups excluding carboxylic acids is 2. The topological polar surface area (TPSA) is 88.1 Å². The molecule has 132 valence electrons. The van der Waals surface area contributed by atoms with Gasteiger partial charge in [-0.05, 0) is 26.3 Å². The summed E-state index contributed by atoms with van der Waals surface area (Å²) in [6.45, 7) is 5.40. The van der Waals surface area contributed by atoms with Gasteiger partial charge in [0.2, 0.25) is 0 Å². The molecule has 2 unspecified atom stereocenters. The van der Waals surface area contributed by atoms with Gasteiger partial charge in [0.05, 0.1) is 6.54 Å². The number of carbonyl (C=O) groups is 2. The van der Waals surface area contributed by atoms with Gasteiger partial charge in [0.15, 0.2) is 0 Å². The Bertz CT molecular complexity index is 570. The maximum atomic E-state index is 12.6. The third kappa shape index (κ3) is 5.50. The van der Waals surface area contributed by atoms with Crippen LogP contribution in [0, 0.1) is 0 Å². The van der Waals surface area contributed by atoms with Crippen LogP contribution < -0.4 is 5.32 Å². The zero-order chi connectivity index (χ0) is 17.7. The smallest absolute Gasteiger partial charge is 0.408 e. The van der Waals surface area contributed by atoms with Gasteiger partial charge in [-0.25, -0.2) is 9.86 Å². The molecule has 1 aromatic rings. The highest BCUT2D eigenvalue weighted by Gasteiger charge is 2.33. The standard InChI is InChI=1S/C17H24N2O5/c1-17(2,3)24-16(22)18-14(9-12-7-5-4-6-8-12)15(21)19-10-13(20)11-23-19/h4-8,13-14,20H,9-11H2,1-3H3,(H,18,22). The average Bonchev–Trinajstić information content (AvgIpc) is 2.91. The third-order valence-corrected chi connectivity index (χ3v) is 3.32. The summed E-state index contributed by atoms with van der Waals surface area (Å²) in [4.78, 5) is 29.8. The van der Waals surface area contributed by atoms with Crippen LogP contribution in [0.4, 0.5) is 4.79 Å². The number of nitrogens with one attached hydrogen (secondary N) is 1. The van der Waals surface area contributed by atoms with Crippen LogP contribution in [0.2, 0.25) is 0 Å². The highest BCUT2D eigenvalue weighted by Crippen LogP contribution is 2.13. The van der Waals surface area contributed by atoms with Crippen LogP contribution in [0.15, 0.2) is 30.3 Å². The van der Waals surface area contributed by atoms with E-state index in [-0.39, 0.29) is 13.2 Å². The molecule has 1 heterocycles. The van der Waals surface area contributed by atoms with Crippen molar-refractivity contribution in [1.29, 1.82) is 0 Å². The van der Waals surface area contributed by atoms with Gasteiger partial charge in [0.25, 0.3) is 5.91 Å². The van der Waals surface area contributed by atoms with Crippen molar-refractivity contribution in [2.24, 2.45) is 0 Å². The Kier molecular flexibility index (Phi) is 5.80. The highest BCUT2D eigenvalue weighted by atomic mass is 16.7. The number of rotatable bonds is 4. The zero-order valence-electron chi connectivity index (χ0n) is 14.2. The number of ether oxygens (including phenoxy) is 1. The first-order valence-electron chi connectivity index (χ1n) is 7.90. The molecule has 1 saturated heterocycles. The Labute approximate surface area is 141 Å². The maximum absolute atomic E-state index is 12.6. The summed E-state index contributed by atoms with van der Waals surface area (Å²) in [5.74, 6) is -0.415. The maximum Gasteiger partial charge on any atom is 0.408 e. The predicted octanol–water partition coefficient (Wildman–Crippen LogP) is 1.26. The highest BCUT2D eigenvalue weighted by molar-refractivity contribution is 5.85. The molecule has 1 aliphatic rings. The van der Waals surface area contributed by atoms with E-state index in [1.54, 1.807) is 20.8 Å². The molecule has 1 aromatic carbocycles. The second-order valence-corrected chi connectivity index (χ2v) is 6.74. The molecule has 0 radical (unpaired) electrons. The molecule has 7 heteroatoms. The van der Waals surface area contributed by atoms with Crippen molar-refractivity contribution in [3.05, 3.63) is 35.9 Å². The lowest BCUT2D eigenvalue weighted by atomic mass is 10.1. The number of hydrogen-bond donors (Lipinski definition) is 2. The largest absolute Gasteiger partial charge is 0.444 e. The molecule has 1 aliphatic heterocycles. The number of aliphatic hydroxyl groups excluding tert-OH is 1. The number of alkyl carbamates (subject to hydrolysis) is 1. The van der Waals surface area contributed by atoms with E-state index in [2.05, 4.69) is 5.32 Å². The summed E-state index contributed by atoms with van der Waals surface area (Å²) in [5.41, 5.74) is 0.233. The van der Waals surface area contributed by atoms with Gasteiger partial charge in [-0.1, -0.05) is 30.3 Å². The van der Waals surface area contributed by atoms with E-state index in [0.29, 0.717) is 6.42 Å². The SMILES string of the molecule is CC(C)(C)OC(=O)NC(Cc1ccccc1)C(=O)N1CC(O)CO1. The van der Waals surface area contributed by atoms with Gasteiger partial charge in [-0.15, -0.1) is 0 Å². The monoisotopic (exact) mass is 336 g/mol. The van der Waals surface area contributed by atoms with E-state index in [0.717, 1.165) is 10.6 Å². The molecule has 0 aliphatic carbocycles. The number of amides is 2. The van der Waals surface area contributed by atoms with Crippen LogP contribution >= 0.6 is 0 Å². The summed E-state index contributed by atoms with van der Waals surface area (Å²) in [6.07, 6.45) is -1.08. The molecule has 0 saturated carbocycles. The van der Waals surface area contributed by atoms with Crippen LogP contribution in [0.25, 0.3) is 0 Å². The van der Waals surface area contributed by atoms with Crippen LogP contribution in [-0.4, -0.2) is 53.1 Å². The summed E-state index contributed by atoms with van der Waals surface area (Å²) < 4.78 is 5.23. The van der Waals surface area contributed by atoms with Gasteiger partial charge in [0.1, 0.15) is 24.4 Å². The summed E-state index contributed by atoms with van der Waals surface area (Å²) in [7, 11) is 0. The van der Waals surface area contributed by atoms with E-state index in [4.69, 9.17) is 9.57 Å².